The lowest BCUT2D eigenvalue weighted by Crippen LogP contribution is -2.55. The third-order valence-corrected chi connectivity index (χ3v) is 6.49. The molecule has 5 heteroatoms. The van der Waals surface area contributed by atoms with E-state index in [-0.39, 0.29) is 23.8 Å². The number of amides is 2. The van der Waals surface area contributed by atoms with E-state index in [1.165, 1.54) is 12.1 Å². The summed E-state index contributed by atoms with van der Waals surface area (Å²) >= 11 is 0. The van der Waals surface area contributed by atoms with Gasteiger partial charge in [-0.05, 0) is 37.8 Å². The van der Waals surface area contributed by atoms with E-state index in [9.17, 15) is 9.59 Å². The summed E-state index contributed by atoms with van der Waals surface area (Å²) in [5, 5.41) is 0. The van der Waals surface area contributed by atoms with E-state index >= 15 is 0 Å². The second-order valence-corrected chi connectivity index (χ2v) is 8.17. The van der Waals surface area contributed by atoms with Gasteiger partial charge < -0.3 is 14.7 Å². The van der Waals surface area contributed by atoms with Crippen molar-refractivity contribution in [2.45, 2.75) is 51.0 Å². The molecule has 27 heavy (non-hydrogen) atoms. The van der Waals surface area contributed by atoms with Crippen LogP contribution in [0.15, 0.2) is 30.3 Å². The van der Waals surface area contributed by atoms with Gasteiger partial charge in [-0.1, -0.05) is 37.5 Å². The summed E-state index contributed by atoms with van der Waals surface area (Å²) < 4.78 is 0. The summed E-state index contributed by atoms with van der Waals surface area (Å²) in [6.07, 6.45) is 7.36. The second kappa shape index (κ2) is 8.32. The molecule has 0 N–H and O–H groups in total. The van der Waals surface area contributed by atoms with E-state index < -0.39 is 0 Å². The number of para-hydroxylation sites is 1. The van der Waals surface area contributed by atoms with Crippen molar-refractivity contribution in [3.05, 3.63) is 30.3 Å². The highest BCUT2D eigenvalue weighted by Crippen LogP contribution is 2.29. The zero-order valence-corrected chi connectivity index (χ0v) is 16.2. The first kappa shape index (κ1) is 18.3. The molecule has 146 valence electrons. The number of hydrogen-bond acceptors (Lipinski definition) is 3. The van der Waals surface area contributed by atoms with Crippen molar-refractivity contribution in [2.75, 3.05) is 37.6 Å². The standard InChI is InChI=1S/C22H31N3O2/c26-21(18-8-3-1-4-9-18)25-13-7-12-20(25)22(27)24-16-14-23(15-17-24)19-10-5-2-6-11-19/h2,5-6,10-11,18,20H,1,3-4,7-9,12-17H2. The molecule has 2 amide bonds. The minimum Gasteiger partial charge on any atom is -0.368 e. The summed E-state index contributed by atoms with van der Waals surface area (Å²) in [4.78, 5) is 32.4. The van der Waals surface area contributed by atoms with Crippen LogP contribution < -0.4 is 4.90 Å². The molecule has 1 aromatic rings. The maximum atomic E-state index is 13.2. The third-order valence-electron chi connectivity index (χ3n) is 6.49. The van der Waals surface area contributed by atoms with Gasteiger partial charge in [-0.15, -0.1) is 0 Å². The number of carbonyl (C=O) groups is 2. The van der Waals surface area contributed by atoms with Crippen LogP contribution in [0.5, 0.6) is 0 Å². The maximum absolute atomic E-state index is 13.2. The van der Waals surface area contributed by atoms with Gasteiger partial charge in [-0.25, -0.2) is 0 Å². The van der Waals surface area contributed by atoms with E-state index in [1.54, 1.807) is 0 Å². The summed E-state index contributed by atoms with van der Waals surface area (Å²) in [5.41, 5.74) is 1.22. The second-order valence-electron chi connectivity index (χ2n) is 8.17. The Morgan fingerprint density at radius 1 is 0.741 bits per heavy atom. The molecule has 1 aliphatic carbocycles. The van der Waals surface area contributed by atoms with Crippen molar-refractivity contribution in [2.24, 2.45) is 5.92 Å². The SMILES string of the molecule is O=C(C1CCCN1C(=O)C1CCCCC1)N1CCN(c2ccccc2)CC1. The first-order chi connectivity index (χ1) is 13.2. The molecule has 1 atom stereocenters. The lowest BCUT2D eigenvalue weighted by molar-refractivity contribution is -0.146. The Morgan fingerprint density at radius 2 is 1.44 bits per heavy atom. The summed E-state index contributed by atoms with van der Waals surface area (Å²) in [5.74, 6) is 0.569. The smallest absolute Gasteiger partial charge is 0.245 e. The fourth-order valence-corrected chi connectivity index (χ4v) is 4.91. The van der Waals surface area contributed by atoms with Crippen molar-refractivity contribution in [3.63, 3.8) is 0 Å². The fourth-order valence-electron chi connectivity index (χ4n) is 4.91. The molecular formula is C22H31N3O2. The van der Waals surface area contributed by atoms with E-state index in [1.807, 2.05) is 15.9 Å². The average molecular weight is 370 g/mol. The van der Waals surface area contributed by atoms with Gasteiger partial charge in [0.1, 0.15) is 6.04 Å². The largest absolute Gasteiger partial charge is 0.368 e. The quantitative estimate of drug-likeness (QED) is 0.823. The summed E-state index contributed by atoms with van der Waals surface area (Å²) in [6.45, 7) is 3.97. The monoisotopic (exact) mass is 369 g/mol. The highest BCUT2D eigenvalue weighted by Gasteiger charge is 2.39. The highest BCUT2D eigenvalue weighted by molar-refractivity contribution is 5.89. The number of hydrogen-bond donors (Lipinski definition) is 0. The van der Waals surface area contributed by atoms with Gasteiger partial charge in [0.25, 0.3) is 0 Å². The molecule has 4 rings (SSSR count). The number of nitrogens with zero attached hydrogens (tertiary/aromatic N) is 3. The Bertz CT molecular complexity index is 649. The van der Waals surface area contributed by atoms with Gasteiger partial charge in [-0.3, -0.25) is 9.59 Å². The molecule has 1 unspecified atom stereocenters. The minimum absolute atomic E-state index is 0.155. The molecule has 0 aromatic heterocycles. The van der Waals surface area contributed by atoms with Gasteiger partial charge in [0.15, 0.2) is 0 Å². The number of rotatable bonds is 3. The van der Waals surface area contributed by atoms with E-state index in [0.717, 1.165) is 71.2 Å². The Hall–Kier alpha value is -2.04. The lowest BCUT2D eigenvalue weighted by Gasteiger charge is -2.39. The molecule has 0 radical (unpaired) electrons. The molecule has 1 saturated carbocycles. The predicted molar refractivity (Wildman–Crippen MR) is 107 cm³/mol. The van der Waals surface area contributed by atoms with Crippen LogP contribution in [0.3, 0.4) is 0 Å². The number of piperazine rings is 1. The first-order valence-corrected chi connectivity index (χ1v) is 10.6. The number of likely N-dealkylation sites (tertiary alicyclic amines) is 1. The summed E-state index contributed by atoms with van der Waals surface area (Å²) in [7, 11) is 0. The summed E-state index contributed by atoms with van der Waals surface area (Å²) in [6, 6.07) is 10.2. The third kappa shape index (κ3) is 3.97. The molecule has 3 fully saturated rings. The van der Waals surface area contributed by atoms with Crippen molar-refractivity contribution in [1.82, 2.24) is 9.80 Å². The normalized spacial score (nSPS) is 24.3. The van der Waals surface area contributed by atoms with Crippen LogP contribution in [0.2, 0.25) is 0 Å². The molecule has 2 aliphatic heterocycles. The number of benzene rings is 1. The van der Waals surface area contributed by atoms with Crippen molar-refractivity contribution in [1.29, 1.82) is 0 Å². The molecular weight excluding hydrogens is 338 g/mol. The Balaban J connectivity index is 1.35. The van der Waals surface area contributed by atoms with Crippen LogP contribution in [0.25, 0.3) is 0 Å². The van der Waals surface area contributed by atoms with E-state index in [0.29, 0.717) is 0 Å². The van der Waals surface area contributed by atoms with Crippen molar-refractivity contribution >= 4 is 17.5 Å². The lowest BCUT2D eigenvalue weighted by atomic mass is 9.88. The van der Waals surface area contributed by atoms with E-state index in [2.05, 4.69) is 29.2 Å². The van der Waals surface area contributed by atoms with Crippen molar-refractivity contribution in [3.8, 4) is 0 Å². The molecule has 0 spiro atoms. The van der Waals surface area contributed by atoms with Gasteiger partial charge in [0.2, 0.25) is 11.8 Å². The molecule has 5 nitrogen and oxygen atoms in total. The molecule has 3 aliphatic rings. The first-order valence-electron chi connectivity index (χ1n) is 10.6. The average Bonchev–Trinajstić information content (AvgIpc) is 3.24. The Morgan fingerprint density at radius 3 is 2.15 bits per heavy atom. The topological polar surface area (TPSA) is 43.9 Å². The van der Waals surface area contributed by atoms with E-state index in [4.69, 9.17) is 0 Å². The number of anilines is 1. The minimum atomic E-state index is -0.220. The zero-order valence-electron chi connectivity index (χ0n) is 16.2. The van der Waals surface area contributed by atoms with Gasteiger partial charge >= 0.3 is 0 Å². The maximum Gasteiger partial charge on any atom is 0.245 e. The predicted octanol–water partition coefficient (Wildman–Crippen LogP) is 2.91. The number of carbonyl (C=O) groups excluding carboxylic acids is 2. The Kier molecular flexibility index (Phi) is 5.65. The van der Waals surface area contributed by atoms with Crippen LogP contribution in [0, 0.1) is 5.92 Å². The zero-order chi connectivity index (χ0) is 18.6. The van der Waals surface area contributed by atoms with Gasteiger partial charge in [0, 0.05) is 44.3 Å². The molecule has 1 aromatic carbocycles. The van der Waals surface area contributed by atoms with Crippen LogP contribution in [0.1, 0.15) is 44.9 Å². The molecule has 2 heterocycles. The van der Waals surface area contributed by atoms with Crippen molar-refractivity contribution < 1.29 is 9.59 Å². The van der Waals surface area contributed by atoms with Gasteiger partial charge in [0.05, 0.1) is 0 Å². The van der Waals surface area contributed by atoms with Crippen LogP contribution in [0.4, 0.5) is 5.69 Å². The fraction of sp³-hybridized carbons (Fsp3) is 0.636. The Labute approximate surface area is 162 Å². The molecule has 2 saturated heterocycles. The highest BCUT2D eigenvalue weighted by atomic mass is 16.2. The van der Waals surface area contributed by atoms with Crippen LogP contribution in [-0.2, 0) is 9.59 Å². The van der Waals surface area contributed by atoms with Gasteiger partial charge in [-0.2, -0.15) is 0 Å². The van der Waals surface area contributed by atoms with Crippen LogP contribution >= 0.6 is 0 Å². The van der Waals surface area contributed by atoms with Crippen LogP contribution in [-0.4, -0.2) is 60.4 Å². The molecule has 0 bridgehead atoms.